The Morgan fingerprint density at radius 3 is 2.25 bits per heavy atom. The van der Waals surface area contributed by atoms with Crippen molar-refractivity contribution < 1.29 is 14.6 Å². The van der Waals surface area contributed by atoms with Crippen LogP contribution in [0.5, 0.6) is 11.5 Å². The molecule has 0 unspecified atom stereocenters. The fraction of sp³-hybridized carbons (Fsp3) is 0.235. The standard InChI is InChI=1S/C17H16O3/c18-16(19)17(11-6-12-17)14-9-4-5-10-15(14)20-13-7-2-1-3-8-13/h1-5,7-10H,6,11-12H2,(H,18,19). The lowest BCUT2D eigenvalue weighted by Gasteiger charge is -2.38. The van der Waals surface area contributed by atoms with E-state index in [-0.39, 0.29) is 0 Å². The number of rotatable bonds is 4. The quantitative estimate of drug-likeness (QED) is 0.912. The van der Waals surface area contributed by atoms with Gasteiger partial charge in [-0.15, -0.1) is 0 Å². The zero-order valence-electron chi connectivity index (χ0n) is 11.1. The van der Waals surface area contributed by atoms with Gasteiger partial charge in [0.25, 0.3) is 0 Å². The first-order valence-corrected chi connectivity index (χ1v) is 6.78. The third kappa shape index (κ3) is 2.05. The van der Waals surface area contributed by atoms with E-state index in [0.29, 0.717) is 18.6 Å². The summed E-state index contributed by atoms with van der Waals surface area (Å²) in [5.41, 5.74) is 0.00774. The molecule has 0 aromatic heterocycles. The molecule has 3 nitrogen and oxygen atoms in total. The molecule has 0 radical (unpaired) electrons. The Morgan fingerprint density at radius 2 is 1.65 bits per heavy atom. The molecule has 0 saturated heterocycles. The van der Waals surface area contributed by atoms with Crippen LogP contribution in [0.15, 0.2) is 54.6 Å². The van der Waals surface area contributed by atoms with E-state index < -0.39 is 11.4 Å². The molecule has 3 heteroatoms. The molecule has 2 aromatic rings. The molecule has 102 valence electrons. The number of hydrogen-bond acceptors (Lipinski definition) is 2. The van der Waals surface area contributed by atoms with Crippen LogP contribution in [0.1, 0.15) is 24.8 Å². The second kappa shape index (κ2) is 5.00. The normalized spacial score (nSPS) is 16.2. The van der Waals surface area contributed by atoms with Crippen LogP contribution < -0.4 is 4.74 Å². The van der Waals surface area contributed by atoms with Crippen LogP contribution in [0.4, 0.5) is 0 Å². The summed E-state index contributed by atoms with van der Waals surface area (Å²) >= 11 is 0. The number of para-hydroxylation sites is 2. The van der Waals surface area contributed by atoms with Crippen molar-refractivity contribution in [2.75, 3.05) is 0 Å². The molecular weight excluding hydrogens is 252 g/mol. The lowest BCUT2D eigenvalue weighted by atomic mass is 9.64. The van der Waals surface area contributed by atoms with Crippen LogP contribution in [-0.2, 0) is 10.2 Å². The zero-order chi connectivity index (χ0) is 14.0. The maximum Gasteiger partial charge on any atom is 0.314 e. The molecule has 1 N–H and O–H groups in total. The summed E-state index contributed by atoms with van der Waals surface area (Å²) in [5.74, 6) is 0.605. The maximum atomic E-state index is 11.7. The highest BCUT2D eigenvalue weighted by Crippen LogP contribution is 2.47. The Bertz CT molecular complexity index is 615. The van der Waals surface area contributed by atoms with Gasteiger partial charge in [-0.25, -0.2) is 0 Å². The van der Waals surface area contributed by atoms with E-state index in [1.54, 1.807) is 0 Å². The van der Waals surface area contributed by atoms with Crippen molar-refractivity contribution in [2.24, 2.45) is 0 Å². The van der Waals surface area contributed by atoms with Crippen molar-refractivity contribution in [3.05, 3.63) is 60.2 Å². The van der Waals surface area contributed by atoms with Gasteiger partial charge in [-0.2, -0.15) is 0 Å². The molecule has 1 aliphatic carbocycles. The van der Waals surface area contributed by atoms with Gasteiger partial charge in [0.05, 0.1) is 5.41 Å². The van der Waals surface area contributed by atoms with E-state index in [0.717, 1.165) is 17.7 Å². The number of benzene rings is 2. The Hall–Kier alpha value is -2.29. The maximum absolute atomic E-state index is 11.7. The molecular formula is C17H16O3. The molecule has 0 spiro atoms. The average Bonchev–Trinajstić information content (AvgIpc) is 2.40. The number of carbonyl (C=O) groups is 1. The molecule has 20 heavy (non-hydrogen) atoms. The molecule has 1 fully saturated rings. The molecule has 1 aliphatic rings. The molecule has 0 amide bonds. The first-order chi connectivity index (χ1) is 9.72. The van der Waals surface area contributed by atoms with Crippen molar-refractivity contribution in [3.8, 4) is 11.5 Å². The van der Waals surface area contributed by atoms with Crippen molar-refractivity contribution in [1.29, 1.82) is 0 Å². The molecule has 0 aliphatic heterocycles. The van der Waals surface area contributed by atoms with Gasteiger partial charge in [-0.05, 0) is 31.0 Å². The molecule has 3 rings (SSSR count). The molecule has 1 saturated carbocycles. The molecule has 0 atom stereocenters. The van der Waals surface area contributed by atoms with Crippen LogP contribution >= 0.6 is 0 Å². The third-order valence-corrected chi connectivity index (χ3v) is 3.99. The molecule has 0 bridgehead atoms. The first-order valence-electron chi connectivity index (χ1n) is 6.78. The van der Waals surface area contributed by atoms with Gasteiger partial charge in [-0.1, -0.05) is 42.8 Å². The number of ether oxygens (including phenoxy) is 1. The first kappa shape index (κ1) is 12.7. The number of carboxylic acids is 1. The minimum Gasteiger partial charge on any atom is -0.481 e. The van der Waals surface area contributed by atoms with E-state index in [1.807, 2.05) is 54.6 Å². The van der Waals surface area contributed by atoms with Crippen molar-refractivity contribution >= 4 is 5.97 Å². The number of carboxylic acid groups (broad SMARTS) is 1. The summed E-state index contributed by atoms with van der Waals surface area (Å²) in [5, 5.41) is 9.57. The van der Waals surface area contributed by atoms with Crippen LogP contribution in [0.3, 0.4) is 0 Å². The summed E-state index contributed by atoms with van der Waals surface area (Å²) < 4.78 is 5.88. The fourth-order valence-electron chi connectivity index (χ4n) is 2.70. The van der Waals surface area contributed by atoms with E-state index in [2.05, 4.69) is 0 Å². The Balaban J connectivity index is 1.99. The lowest BCUT2D eigenvalue weighted by Crippen LogP contribution is -2.42. The van der Waals surface area contributed by atoms with E-state index in [9.17, 15) is 9.90 Å². The van der Waals surface area contributed by atoms with E-state index >= 15 is 0 Å². The Kier molecular flexibility index (Phi) is 3.18. The SMILES string of the molecule is O=C(O)C1(c2ccccc2Oc2ccccc2)CCC1. The molecule has 2 aromatic carbocycles. The molecule has 0 heterocycles. The fourth-order valence-corrected chi connectivity index (χ4v) is 2.70. The van der Waals surface area contributed by atoms with Crippen molar-refractivity contribution in [2.45, 2.75) is 24.7 Å². The highest BCUT2D eigenvalue weighted by atomic mass is 16.5. The minimum absolute atomic E-state index is 0.640. The largest absolute Gasteiger partial charge is 0.481 e. The topological polar surface area (TPSA) is 46.5 Å². The minimum atomic E-state index is -0.772. The van der Waals surface area contributed by atoms with Crippen molar-refractivity contribution in [3.63, 3.8) is 0 Å². The average molecular weight is 268 g/mol. The highest BCUT2D eigenvalue weighted by molar-refractivity contribution is 5.83. The van der Waals surface area contributed by atoms with Crippen LogP contribution in [-0.4, -0.2) is 11.1 Å². The van der Waals surface area contributed by atoms with Crippen LogP contribution in [0.25, 0.3) is 0 Å². The zero-order valence-corrected chi connectivity index (χ0v) is 11.1. The third-order valence-electron chi connectivity index (χ3n) is 3.99. The summed E-state index contributed by atoms with van der Waals surface area (Å²) in [4.78, 5) is 11.7. The second-order valence-electron chi connectivity index (χ2n) is 5.15. The van der Waals surface area contributed by atoms with Gasteiger partial charge in [0, 0.05) is 5.56 Å². The van der Waals surface area contributed by atoms with Gasteiger partial charge in [0.15, 0.2) is 0 Å². The van der Waals surface area contributed by atoms with Gasteiger partial charge >= 0.3 is 5.97 Å². The van der Waals surface area contributed by atoms with Gasteiger partial charge < -0.3 is 9.84 Å². The van der Waals surface area contributed by atoms with Gasteiger partial charge in [0.1, 0.15) is 11.5 Å². The van der Waals surface area contributed by atoms with Crippen LogP contribution in [0.2, 0.25) is 0 Å². The summed E-state index contributed by atoms with van der Waals surface area (Å²) in [6.07, 6.45) is 2.31. The lowest BCUT2D eigenvalue weighted by molar-refractivity contribution is -0.147. The summed E-state index contributed by atoms with van der Waals surface area (Å²) in [6, 6.07) is 16.9. The summed E-state index contributed by atoms with van der Waals surface area (Å²) in [7, 11) is 0. The second-order valence-corrected chi connectivity index (χ2v) is 5.15. The van der Waals surface area contributed by atoms with E-state index in [1.165, 1.54) is 0 Å². The highest BCUT2D eigenvalue weighted by Gasteiger charge is 2.47. The number of aliphatic carboxylic acids is 1. The van der Waals surface area contributed by atoms with E-state index in [4.69, 9.17) is 4.74 Å². The Labute approximate surface area is 117 Å². The summed E-state index contributed by atoms with van der Waals surface area (Å²) in [6.45, 7) is 0. The smallest absolute Gasteiger partial charge is 0.314 e. The Morgan fingerprint density at radius 1 is 1.00 bits per heavy atom. The van der Waals surface area contributed by atoms with Crippen LogP contribution in [0, 0.1) is 0 Å². The monoisotopic (exact) mass is 268 g/mol. The van der Waals surface area contributed by atoms with Gasteiger partial charge in [-0.3, -0.25) is 4.79 Å². The number of hydrogen-bond donors (Lipinski definition) is 1. The predicted molar refractivity (Wildman–Crippen MR) is 76.1 cm³/mol. The van der Waals surface area contributed by atoms with Gasteiger partial charge in [0.2, 0.25) is 0 Å². The van der Waals surface area contributed by atoms with Crippen molar-refractivity contribution in [1.82, 2.24) is 0 Å². The predicted octanol–water partition coefficient (Wildman–Crippen LogP) is 3.99.